The van der Waals surface area contributed by atoms with Crippen LogP contribution >= 0.6 is 0 Å². The predicted molar refractivity (Wildman–Crippen MR) is 82.4 cm³/mol. The predicted octanol–water partition coefficient (Wildman–Crippen LogP) is 1.33. The van der Waals surface area contributed by atoms with Gasteiger partial charge in [-0.15, -0.1) is 0 Å². The molecule has 0 unspecified atom stereocenters. The van der Waals surface area contributed by atoms with E-state index in [0.29, 0.717) is 12.4 Å². The number of rotatable bonds is 4. The summed E-state index contributed by atoms with van der Waals surface area (Å²) in [5, 5.41) is 5.12. The van der Waals surface area contributed by atoms with Gasteiger partial charge in [-0.2, -0.15) is 0 Å². The second kappa shape index (κ2) is 7.11. The summed E-state index contributed by atoms with van der Waals surface area (Å²) >= 11 is 0. The van der Waals surface area contributed by atoms with Crippen LogP contribution in [0.5, 0.6) is 0 Å². The first-order valence-electron chi connectivity index (χ1n) is 7.52. The highest BCUT2D eigenvalue weighted by molar-refractivity contribution is 6.35. The monoisotopic (exact) mass is 314 g/mol. The molecule has 1 atom stereocenters. The number of fused-ring (bicyclic) bond motifs is 1. The molecule has 0 saturated heterocycles. The van der Waals surface area contributed by atoms with Crippen LogP contribution in [0.25, 0.3) is 0 Å². The number of amides is 2. The average Bonchev–Trinajstić information content (AvgIpc) is 3.11. The van der Waals surface area contributed by atoms with Gasteiger partial charge in [0.15, 0.2) is 0 Å². The highest BCUT2D eigenvalue weighted by Crippen LogP contribution is 2.26. The average molecular weight is 314 g/mol. The minimum absolute atomic E-state index is 0.183. The summed E-state index contributed by atoms with van der Waals surface area (Å²) in [7, 11) is 0. The van der Waals surface area contributed by atoms with E-state index in [4.69, 9.17) is 9.15 Å². The molecule has 2 heterocycles. The molecule has 120 valence electrons. The first kappa shape index (κ1) is 15.3. The van der Waals surface area contributed by atoms with Crippen LogP contribution in [0.15, 0.2) is 47.1 Å². The molecule has 6 nitrogen and oxygen atoms in total. The first-order chi connectivity index (χ1) is 11.2. The van der Waals surface area contributed by atoms with Crippen molar-refractivity contribution in [3.8, 4) is 0 Å². The number of hydrogen-bond acceptors (Lipinski definition) is 4. The molecule has 1 aromatic carbocycles. The summed E-state index contributed by atoms with van der Waals surface area (Å²) < 4.78 is 10.8. The van der Waals surface area contributed by atoms with E-state index in [1.165, 1.54) is 11.8 Å². The summed E-state index contributed by atoms with van der Waals surface area (Å²) in [6.45, 7) is 1.06. The van der Waals surface area contributed by atoms with Crippen molar-refractivity contribution in [3.63, 3.8) is 0 Å². The van der Waals surface area contributed by atoms with E-state index >= 15 is 0 Å². The molecular formula is C17H18N2O4. The van der Waals surface area contributed by atoms with Gasteiger partial charge in [-0.25, -0.2) is 0 Å². The van der Waals surface area contributed by atoms with Crippen LogP contribution in [0.4, 0.5) is 0 Å². The van der Waals surface area contributed by atoms with Crippen LogP contribution in [-0.2, 0) is 27.3 Å². The molecule has 2 aromatic rings. The third-order valence-electron chi connectivity index (χ3n) is 3.75. The third kappa shape index (κ3) is 3.78. The van der Waals surface area contributed by atoms with E-state index in [2.05, 4.69) is 16.7 Å². The Morgan fingerprint density at radius 2 is 1.91 bits per heavy atom. The zero-order valence-electron chi connectivity index (χ0n) is 12.6. The molecule has 3 rings (SSSR count). The molecular weight excluding hydrogens is 296 g/mol. The van der Waals surface area contributed by atoms with E-state index < -0.39 is 11.8 Å². The van der Waals surface area contributed by atoms with Crippen LogP contribution in [0, 0.1) is 0 Å². The molecule has 6 heteroatoms. The largest absolute Gasteiger partial charge is 0.467 e. The summed E-state index contributed by atoms with van der Waals surface area (Å²) in [5.74, 6) is -0.774. The van der Waals surface area contributed by atoms with E-state index in [0.717, 1.165) is 12.0 Å². The van der Waals surface area contributed by atoms with Crippen LogP contribution in [0.3, 0.4) is 0 Å². The molecule has 2 N–H and O–H groups in total. The van der Waals surface area contributed by atoms with Gasteiger partial charge >= 0.3 is 11.8 Å². The maximum Gasteiger partial charge on any atom is 0.309 e. The smallest absolute Gasteiger partial charge is 0.309 e. The number of carbonyl (C=O) groups is 2. The molecule has 0 radical (unpaired) electrons. The number of hydrogen-bond donors (Lipinski definition) is 2. The van der Waals surface area contributed by atoms with Crippen molar-refractivity contribution in [2.24, 2.45) is 0 Å². The first-order valence-corrected chi connectivity index (χ1v) is 7.52. The molecule has 1 aliphatic rings. The lowest BCUT2D eigenvalue weighted by Gasteiger charge is -2.26. The van der Waals surface area contributed by atoms with Crippen molar-refractivity contribution in [2.45, 2.75) is 19.1 Å². The van der Waals surface area contributed by atoms with Gasteiger partial charge in [0.25, 0.3) is 0 Å². The molecule has 1 aliphatic heterocycles. The van der Waals surface area contributed by atoms with Gasteiger partial charge in [-0.3, -0.25) is 9.59 Å². The van der Waals surface area contributed by atoms with Crippen LogP contribution in [-0.4, -0.2) is 25.0 Å². The molecule has 2 amide bonds. The Kier molecular flexibility index (Phi) is 4.73. The topological polar surface area (TPSA) is 80.6 Å². The van der Waals surface area contributed by atoms with Crippen molar-refractivity contribution in [1.29, 1.82) is 0 Å². The fraction of sp³-hybridized carbons (Fsp3) is 0.294. The molecule has 0 fully saturated rings. The summed E-state index contributed by atoms with van der Waals surface area (Å²) in [5.41, 5.74) is 2.29. The second-order valence-corrected chi connectivity index (χ2v) is 5.28. The maximum atomic E-state index is 11.8. The van der Waals surface area contributed by atoms with Gasteiger partial charge in [-0.1, -0.05) is 24.3 Å². The van der Waals surface area contributed by atoms with E-state index in [9.17, 15) is 9.59 Å². The Labute approximate surface area is 133 Å². The number of ether oxygens (including phenoxy) is 1. The molecule has 0 spiro atoms. The zero-order valence-corrected chi connectivity index (χ0v) is 12.6. The lowest BCUT2D eigenvalue weighted by atomic mass is 9.97. The summed E-state index contributed by atoms with van der Waals surface area (Å²) in [6, 6.07) is 11.4. The number of benzene rings is 1. The molecule has 0 aliphatic carbocycles. The molecule has 1 aromatic heterocycles. The fourth-order valence-corrected chi connectivity index (χ4v) is 2.57. The van der Waals surface area contributed by atoms with E-state index in [1.807, 2.05) is 18.2 Å². The fourth-order valence-electron chi connectivity index (χ4n) is 2.57. The Balaban J connectivity index is 1.50. The molecule has 23 heavy (non-hydrogen) atoms. The quantitative estimate of drug-likeness (QED) is 0.834. The lowest BCUT2D eigenvalue weighted by Crippen LogP contribution is -2.41. The Hall–Kier alpha value is -2.60. The minimum atomic E-state index is -0.689. The number of furan rings is 1. The maximum absolute atomic E-state index is 11.8. The SMILES string of the molecule is O=C(NCc1ccco1)C(=O)NC[C@H]1OCCc2ccccc21. The Morgan fingerprint density at radius 3 is 2.74 bits per heavy atom. The van der Waals surface area contributed by atoms with Crippen LogP contribution < -0.4 is 10.6 Å². The standard InChI is InChI=1S/C17H18N2O4/c20-16(18-10-13-5-3-8-22-13)17(21)19-11-15-14-6-2-1-4-12(14)7-9-23-15/h1-6,8,15H,7,9-11H2,(H,18,20)(H,19,21)/t15-/m1/s1. The third-order valence-corrected chi connectivity index (χ3v) is 3.75. The normalized spacial score (nSPS) is 16.4. The number of nitrogens with one attached hydrogen (secondary N) is 2. The van der Waals surface area contributed by atoms with Crippen LogP contribution in [0.2, 0.25) is 0 Å². The molecule has 0 bridgehead atoms. The second-order valence-electron chi connectivity index (χ2n) is 5.28. The van der Waals surface area contributed by atoms with Gasteiger partial charge in [0, 0.05) is 6.54 Å². The highest BCUT2D eigenvalue weighted by atomic mass is 16.5. The lowest BCUT2D eigenvalue weighted by molar-refractivity contribution is -0.139. The van der Waals surface area contributed by atoms with Gasteiger partial charge in [0.2, 0.25) is 0 Å². The van der Waals surface area contributed by atoms with E-state index in [-0.39, 0.29) is 19.2 Å². The minimum Gasteiger partial charge on any atom is -0.467 e. The number of carbonyl (C=O) groups excluding carboxylic acids is 2. The highest BCUT2D eigenvalue weighted by Gasteiger charge is 2.22. The van der Waals surface area contributed by atoms with E-state index in [1.54, 1.807) is 12.1 Å². The van der Waals surface area contributed by atoms with Crippen molar-refractivity contribution in [2.75, 3.05) is 13.2 Å². The summed E-state index contributed by atoms with van der Waals surface area (Å²) in [6.07, 6.45) is 2.16. The van der Waals surface area contributed by atoms with Crippen molar-refractivity contribution < 1.29 is 18.7 Å². The molecule has 0 saturated carbocycles. The van der Waals surface area contributed by atoms with Crippen molar-refractivity contribution in [1.82, 2.24) is 10.6 Å². The Bertz CT molecular complexity index is 682. The van der Waals surface area contributed by atoms with Gasteiger partial charge in [0.05, 0.1) is 19.4 Å². The van der Waals surface area contributed by atoms with Crippen molar-refractivity contribution in [3.05, 3.63) is 59.5 Å². The Morgan fingerprint density at radius 1 is 1.09 bits per heavy atom. The van der Waals surface area contributed by atoms with Gasteiger partial charge < -0.3 is 19.8 Å². The van der Waals surface area contributed by atoms with Gasteiger partial charge in [0.1, 0.15) is 11.9 Å². The zero-order chi connectivity index (χ0) is 16.1. The van der Waals surface area contributed by atoms with Crippen molar-refractivity contribution >= 4 is 11.8 Å². The summed E-state index contributed by atoms with van der Waals surface area (Å²) in [4.78, 5) is 23.6. The van der Waals surface area contributed by atoms with Gasteiger partial charge in [-0.05, 0) is 29.7 Å². The van der Waals surface area contributed by atoms with Crippen LogP contribution in [0.1, 0.15) is 23.0 Å².